The first kappa shape index (κ1) is 29.8. The van der Waals surface area contributed by atoms with Crippen molar-refractivity contribution in [1.82, 2.24) is 9.47 Å². The van der Waals surface area contributed by atoms with Crippen LogP contribution in [0, 0.1) is 28.7 Å². The number of benzene rings is 3. The molecule has 0 spiro atoms. The van der Waals surface area contributed by atoms with Gasteiger partial charge in [-0.3, -0.25) is 4.79 Å². The molecule has 8 heteroatoms. The van der Waals surface area contributed by atoms with Crippen LogP contribution in [0.4, 0.5) is 17.6 Å². The molecule has 1 aromatic heterocycles. The summed E-state index contributed by atoms with van der Waals surface area (Å²) in [6, 6.07) is 16.6. The van der Waals surface area contributed by atoms with Crippen molar-refractivity contribution in [3.8, 4) is 11.1 Å². The van der Waals surface area contributed by atoms with Crippen molar-refractivity contribution in [3.63, 3.8) is 0 Å². The number of nitrogens with two attached hydrogens (primary N) is 1. The molecule has 0 radical (unpaired) electrons. The van der Waals surface area contributed by atoms with Crippen molar-refractivity contribution in [2.24, 2.45) is 11.1 Å². The summed E-state index contributed by atoms with van der Waals surface area (Å²) in [6.07, 6.45) is 3.82. The van der Waals surface area contributed by atoms with E-state index in [4.69, 9.17) is 5.73 Å². The molecule has 4 aromatic rings. The molecule has 214 valence electrons. The van der Waals surface area contributed by atoms with E-state index in [1.165, 1.54) is 4.90 Å². The predicted molar refractivity (Wildman–Crippen MR) is 153 cm³/mol. The lowest BCUT2D eigenvalue weighted by Crippen LogP contribution is -2.43. The zero-order valence-corrected chi connectivity index (χ0v) is 23.1. The number of hydrogen-bond acceptors (Lipinski definition) is 2. The summed E-state index contributed by atoms with van der Waals surface area (Å²) >= 11 is 0. The van der Waals surface area contributed by atoms with E-state index >= 15 is 0 Å². The van der Waals surface area contributed by atoms with Gasteiger partial charge in [-0.15, -0.1) is 6.58 Å². The van der Waals surface area contributed by atoms with E-state index in [1.807, 2.05) is 48.7 Å². The van der Waals surface area contributed by atoms with Gasteiger partial charge in [0.15, 0.2) is 0 Å². The van der Waals surface area contributed by atoms with Crippen LogP contribution in [-0.2, 0) is 6.54 Å². The Hall–Kier alpha value is -4.17. The minimum Gasteiger partial charge on any atom is -0.344 e. The molecule has 1 amide bonds. The molecule has 0 saturated heterocycles. The van der Waals surface area contributed by atoms with Crippen LogP contribution in [0.2, 0.25) is 0 Å². The number of halogens is 4. The summed E-state index contributed by atoms with van der Waals surface area (Å²) < 4.78 is 59.6. The lowest BCUT2D eigenvalue weighted by molar-refractivity contribution is 0.0533. The Morgan fingerprint density at radius 1 is 0.976 bits per heavy atom. The molecule has 4 nitrogen and oxygen atoms in total. The Morgan fingerprint density at radius 2 is 1.66 bits per heavy atom. The molecule has 2 N–H and O–H groups in total. The van der Waals surface area contributed by atoms with Crippen LogP contribution in [0.15, 0.2) is 91.6 Å². The molecule has 3 aromatic carbocycles. The van der Waals surface area contributed by atoms with E-state index in [2.05, 4.69) is 6.58 Å². The highest BCUT2D eigenvalue weighted by atomic mass is 19.1. The van der Waals surface area contributed by atoms with Gasteiger partial charge in [0.1, 0.15) is 23.3 Å². The highest BCUT2D eigenvalue weighted by Gasteiger charge is 2.39. The van der Waals surface area contributed by atoms with Crippen LogP contribution >= 0.6 is 0 Å². The SMILES string of the molecule is C=CC(C)(C)[C@H](c1cc(-c2cc(F)ccc2F)cn1Cc1ccccc1)N(CCCN)C(=O)c1ccc(F)cc1F. The first-order valence-electron chi connectivity index (χ1n) is 13.3. The van der Waals surface area contributed by atoms with Gasteiger partial charge in [-0.25, -0.2) is 17.6 Å². The molecule has 4 rings (SSSR count). The second kappa shape index (κ2) is 12.6. The third-order valence-corrected chi connectivity index (χ3v) is 7.21. The second-order valence-corrected chi connectivity index (χ2v) is 10.6. The van der Waals surface area contributed by atoms with Crippen molar-refractivity contribution < 1.29 is 22.4 Å². The number of amides is 1. The number of rotatable bonds is 11. The fourth-order valence-corrected chi connectivity index (χ4v) is 5.02. The van der Waals surface area contributed by atoms with Gasteiger partial charge in [-0.1, -0.05) is 50.3 Å². The summed E-state index contributed by atoms with van der Waals surface area (Å²) in [4.78, 5) is 15.5. The molecular formula is C33H33F4N3O. The third kappa shape index (κ3) is 6.60. The highest BCUT2D eigenvalue weighted by molar-refractivity contribution is 5.95. The molecule has 0 saturated carbocycles. The molecule has 0 aliphatic rings. The lowest BCUT2D eigenvalue weighted by atomic mass is 9.80. The first-order chi connectivity index (χ1) is 19.6. The van der Waals surface area contributed by atoms with Crippen LogP contribution in [-0.4, -0.2) is 28.5 Å². The van der Waals surface area contributed by atoms with Gasteiger partial charge in [0, 0.05) is 47.6 Å². The van der Waals surface area contributed by atoms with Gasteiger partial charge in [-0.05, 0) is 54.9 Å². The molecule has 0 bridgehead atoms. The predicted octanol–water partition coefficient (Wildman–Crippen LogP) is 7.50. The molecular weight excluding hydrogens is 530 g/mol. The maximum absolute atomic E-state index is 14.9. The number of carbonyl (C=O) groups excluding carboxylic acids is 1. The lowest BCUT2D eigenvalue weighted by Gasteiger charge is -2.41. The molecule has 0 fully saturated rings. The van der Waals surface area contributed by atoms with Crippen molar-refractivity contribution in [2.75, 3.05) is 13.1 Å². The molecule has 0 aliphatic heterocycles. The van der Waals surface area contributed by atoms with E-state index < -0.39 is 40.6 Å². The van der Waals surface area contributed by atoms with Crippen molar-refractivity contribution in [2.45, 2.75) is 32.9 Å². The first-order valence-corrected chi connectivity index (χ1v) is 13.3. The maximum Gasteiger partial charge on any atom is 0.257 e. The third-order valence-electron chi connectivity index (χ3n) is 7.21. The monoisotopic (exact) mass is 563 g/mol. The van der Waals surface area contributed by atoms with Gasteiger partial charge >= 0.3 is 0 Å². The topological polar surface area (TPSA) is 51.3 Å². The molecule has 0 unspecified atom stereocenters. The van der Waals surface area contributed by atoms with Gasteiger partial charge < -0.3 is 15.2 Å². The van der Waals surface area contributed by atoms with E-state index in [9.17, 15) is 22.4 Å². The Bertz CT molecular complexity index is 1530. The van der Waals surface area contributed by atoms with Gasteiger partial charge in [0.2, 0.25) is 0 Å². The minimum absolute atomic E-state index is 0.0673. The Morgan fingerprint density at radius 3 is 2.32 bits per heavy atom. The van der Waals surface area contributed by atoms with Crippen LogP contribution in [0.3, 0.4) is 0 Å². The normalized spacial score (nSPS) is 12.3. The van der Waals surface area contributed by atoms with E-state index in [0.29, 0.717) is 30.3 Å². The van der Waals surface area contributed by atoms with E-state index in [0.717, 1.165) is 35.9 Å². The Labute approximate surface area is 237 Å². The largest absolute Gasteiger partial charge is 0.344 e. The molecule has 1 atom stereocenters. The number of hydrogen-bond donors (Lipinski definition) is 1. The van der Waals surface area contributed by atoms with Crippen molar-refractivity contribution in [3.05, 3.63) is 132 Å². The Kier molecular flexibility index (Phi) is 9.13. The van der Waals surface area contributed by atoms with Crippen LogP contribution in [0.25, 0.3) is 11.1 Å². The summed E-state index contributed by atoms with van der Waals surface area (Å²) in [5, 5.41) is 0. The summed E-state index contributed by atoms with van der Waals surface area (Å²) in [6.45, 7) is 8.56. The zero-order valence-electron chi connectivity index (χ0n) is 23.1. The average molecular weight is 564 g/mol. The van der Waals surface area contributed by atoms with Crippen LogP contribution in [0.1, 0.15) is 47.9 Å². The minimum atomic E-state index is -0.981. The Balaban J connectivity index is 1.95. The van der Waals surface area contributed by atoms with Gasteiger partial charge in [0.25, 0.3) is 5.91 Å². The van der Waals surface area contributed by atoms with E-state index in [-0.39, 0.29) is 24.2 Å². The number of aromatic nitrogens is 1. The maximum atomic E-state index is 14.9. The summed E-state index contributed by atoms with van der Waals surface area (Å²) in [7, 11) is 0. The van der Waals surface area contributed by atoms with Crippen LogP contribution in [0.5, 0.6) is 0 Å². The molecule has 41 heavy (non-hydrogen) atoms. The van der Waals surface area contributed by atoms with Gasteiger partial charge in [0.05, 0.1) is 11.6 Å². The highest BCUT2D eigenvalue weighted by Crippen LogP contribution is 2.43. The quantitative estimate of drug-likeness (QED) is 0.152. The summed E-state index contributed by atoms with van der Waals surface area (Å²) in [5.74, 6) is -3.62. The molecule has 0 aliphatic carbocycles. The van der Waals surface area contributed by atoms with E-state index in [1.54, 1.807) is 18.3 Å². The standard InChI is InChI=1S/C33H33F4N3O/c1-4-33(2,3)31(40(16-8-15-38)32(41)26-13-11-25(35)19-29(26)37)30-17-23(27-18-24(34)12-14-28(27)36)21-39(30)20-22-9-6-5-7-10-22/h4-7,9-14,17-19,21,31H,1,8,15-16,20,38H2,2-3H3/t31-/m0/s1. The number of nitrogens with zero attached hydrogens (tertiary/aromatic N) is 2. The fraction of sp³-hybridized carbons (Fsp3) is 0.242. The van der Waals surface area contributed by atoms with Crippen molar-refractivity contribution >= 4 is 5.91 Å². The zero-order chi connectivity index (χ0) is 29.7. The van der Waals surface area contributed by atoms with Gasteiger partial charge in [-0.2, -0.15) is 0 Å². The average Bonchev–Trinajstić information content (AvgIpc) is 3.34. The second-order valence-electron chi connectivity index (χ2n) is 10.6. The molecule has 1 heterocycles. The smallest absolute Gasteiger partial charge is 0.257 e. The fourth-order valence-electron chi connectivity index (χ4n) is 5.02. The van der Waals surface area contributed by atoms with Crippen LogP contribution < -0.4 is 5.73 Å². The summed E-state index contributed by atoms with van der Waals surface area (Å²) in [5.41, 5.74) is 6.78. The van der Waals surface area contributed by atoms with Crippen molar-refractivity contribution in [1.29, 1.82) is 0 Å². The number of carbonyl (C=O) groups is 1.